The van der Waals surface area contributed by atoms with Crippen LogP contribution in [0.2, 0.25) is 0 Å². The Balaban J connectivity index is 1.72. The molecule has 3 rings (SSSR count). The van der Waals surface area contributed by atoms with E-state index in [1.54, 1.807) is 19.1 Å². The number of carbonyl (C=O) groups is 1. The van der Waals surface area contributed by atoms with Crippen LogP contribution in [0, 0.1) is 17.2 Å². The monoisotopic (exact) mass is 569 g/mol. The minimum atomic E-state index is -4.13. The van der Waals surface area contributed by atoms with Crippen molar-refractivity contribution in [1.29, 1.82) is 5.26 Å². The van der Waals surface area contributed by atoms with Crippen LogP contribution in [-0.2, 0) is 17.8 Å². The summed E-state index contributed by atoms with van der Waals surface area (Å²) in [7, 11) is 0. The van der Waals surface area contributed by atoms with Crippen LogP contribution in [0.4, 0.5) is 27.6 Å². The van der Waals surface area contributed by atoms with E-state index in [0.29, 0.717) is 31.7 Å². The van der Waals surface area contributed by atoms with Gasteiger partial charge in [-0.25, -0.2) is 8.78 Å². The van der Waals surface area contributed by atoms with Gasteiger partial charge in [-0.05, 0) is 57.0 Å². The number of hydrogen-bond acceptors (Lipinski definition) is 6. The zero-order valence-electron chi connectivity index (χ0n) is 21.2. The summed E-state index contributed by atoms with van der Waals surface area (Å²) in [6.07, 6.45) is -4.60. The maximum atomic E-state index is 12.9. The Morgan fingerprint density at radius 1 is 1.28 bits per heavy atom. The van der Waals surface area contributed by atoms with Crippen molar-refractivity contribution in [3.63, 3.8) is 0 Å². The smallest absolute Gasteiger partial charge is 0.355 e. The first-order valence-corrected chi connectivity index (χ1v) is 13.1. The Labute approximate surface area is 225 Å². The van der Waals surface area contributed by atoms with E-state index in [4.69, 9.17) is 0 Å². The topological polar surface area (TPSA) is 90.2 Å². The highest BCUT2D eigenvalue weighted by atomic mass is 32.1. The molecule has 0 bridgehead atoms. The summed E-state index contributed by atoms with van der Waals surface area (Å²) in [6.45, 7) is 2.37. The number of rotatable bonds is 9. The van der Waals surface area contributed by atoms with Crippen molar-refractivity contribution in [2.75, 3.05) is 31.5 Å². The lowest BCUT2D eigenvalue weighted by molar-refractivity contribution is -0.185. The van der Waals surface area contributed by atoms with Gasteiger partial charge in [0.2, 0.25) is 0 Å². The minimum Gasteiger partial charge on any atom is -0.355 e. The molecular formula is C26H28F5N5O2S. The second-order valence-electron chi connectivity index (χ2n) is 8.91. The Bertz CT molecular complexity index is 1410. The van der Waals surface area contributed by atoms with Crippen LogP contribution in [0.1, 0.15) is 25.3 Å². The standard InChI is InChI=1S/C26H28F5N5O2S/c1-2-36-24(38)21(39-25(36)20(15-32)23(37)34-16-22(27)28)6-10-33-19-5-3-4-17(14-19)7-11-35-12-8-18(9-13-35)26(29,30)31/h3-5,10,14,18,22,33H,2,7-9,11-13,16H2,1H3,(H,34,37)/b25-20-. The third kappa shape index (κ3) is 8.26. The van der Waals surface area contributed by atoms with Crippen LogP contribution in [-0.4, -0.2) is 54.2 Å². The Hall–Kier alpha value is -3.46. The average Bonchev–Trinajstić information content (AvgIpc) is 3.21. The molecule has 1 aromatic heterocycles. The quantitative estimate of drug-likeness (QED) is 0.454. The van der Waals surface area contributed by atoms with Gasteiger partial charge < -0.3 is 15.5 Å². The third-order valence-corrected chi connectivity index (χ3v) is 7.42. The van der Waals surface area contributed by atoms with Gasteiger partial charge >= 0.3 is 6.18 Å². The van der Waals surface area contributed by atoms with Crippen molar-refractivity contribution in [3.05, 3.63) is 55.6 Å². The number of amides is 1. The molecule has 0 aliphatic carbocycles. The lowest BCUT2D eigenvalue weighted by atomic mass is 9.96. The van der Waals surface area contributed by atoms with E-state index in [0.717, 1.165) is 16.9 Å². The predicted octanol–water partition coefficient (Wildman–Crippen LogP) is 2.81. The molecule has 0 unspecified atom stereocenters. The van der Waals surface area contributed by atoms with Crippen molar-refractivity contribution in [1.82, 2.24) is 14.8 Å². The highest BCUT2D eigenvalue weighted by Gasteiger charge is 2.40. The number of benzene rings is 1. The molecule has 1 aliphatic heterocycles. The number of likely N-dealkylation sites (tertiary alicyclic amines) is 1. The van der Waals surface area contributed by atoms with Gasteiger partial charge in [0.15, 0.2) is 5.57 Å². The molecule has 1 aliphatic rings. The normalized spacial score (nSPS) is 15.4. The van der Waals surface area contributed by atoms with Crippen LogP contribution < -0.4 is 25.4 Å². The molecule has 1 saturated heterocycles. The lowest BCUT2D eigenvalue weighted by Crippen LogP contribution is -2.39. The number of carbonyl (C=O) groups excluding carboxylic acids is 1. The summed E-state index contributed by atoms with van der Waals surface area (Å²) in [5.74, 6) is -2.21. The van der Waals surface area contributed by atoms with Gasteiger partial charge in [0, 0.05) is 25.0 Å². The number of nitriles is 1. The molecule has 210 valence electrons. The van der Waals surface area contributed by atoms with Gasteiger partial charge in [0.25, 0.3) is 17.9 Å². The molecule has 2 aromatic rings. The number of piperidine rings is 1. The number of nitrogens with one attached hydrogen (secondary N) is 2. The van der Waals surface area contributed by atoms with Crippen molar-refractivity contribution in [2.45, 2.75) is 45.3 Å². The molecule has 2 heterocycles. The van der Waals surface area contributed by atoms with Crippen molar-refractivity contribution < 1.29 is 26.7 Å². The number of nitrogens with zero attached hydrogens (tertiary/aromatic N) is 3. The third-order valence-electron chi connectivity index (χ3n) is 6.31. The number of halogens is 5. The van der Waals surface area contributed by atoms with Crippen LogP contribution in [0.3, 0.4) is 0 Å². The van der Waals surface area contributed by atoms with Crippen molar-refractivity contribution >= 4 is 34.2 Å². The first-order valence-electron chi connectivity index (χ1n) is 12.3. The molecule has 0 atom stereocenters. The molecule has 1 fully saturated rings. The minimum absolute atomic E-state index is 0.0499. The zero-order chi connectivity index (χ0) is 28.6. The Morgan fingerprint density at radius 2 is 2.00 bits per heavy atom. The van der Waals surface area contributed by atoms with E-state index < -0.39 is 42.1 Å². The number of alkyl halides is 5. The molecule has 13 heteroatoms. The molecule has 1 amide bonds. The van der Waals surface area contributed by atoms with Gasteiger partial charge in [0.05, 0.1) is 12.5 Å². The van der Waals surface area contributed by atoms with Crippen LogP contribution in [0.15, 0.2) is 35.3 Å². The maximum absolute atomic E-state index is 12.9. The summed E-state index contributed by atoms with van der Waals surface area (Å²) < 4.78 is 64.9. The maximum Gasteiger partial charge on any atom is 0.391 e. The predicted molar refractivity (Wildman–Crippen MR) is 139 cm³/mol. The summed E-state index contributed by atoms with van der Waals surface area (Å²) in [5.41, 5.74) is 3.60. The van der Waals surface area contributed by atoms with Crippen LogP contribution >= 0.6 is 11.3 Å². The summed E-state index contributed by atoms with van der Waals surface area (Å²) in [6, 6.07) is 9.14. The molecule has 2 N–H and O–H groups in total. The first-order chi connectivity index (χ1) is 18.5. The molecule has 0 saturated carbocycles. The number of thiazole rings is 1. The SMILES string of the molecule is CCn1c(=O)c(=C=CNc2cccc(CCN3CCC(C(F)(F)F)CC3)c2)s/c1=C(/C#N)C(=O)NCC(F)F. The van der Waals surface area contributed by atoms with Gasteiger partial charge in [-0.3, -0.25) is 14.2 Å². The lowest BCUT2D eigenvalue weighted by Gasteiger charge is -2.32. The summed E-state index contributed by atoms with van der Waals surface area (Å²) in [5, 5.41) is 14.4. The number of anilines is 1. The van der Waals surface area contributed by atoms with E-state index >= 15 is 0 Å². The highest BCUT2D eigenvalue weighted by molar-refractivity contribution is 7.07. The number of hydrogen-bond donors (Lipinski definition) is 2. The zero-order valence-corrected chi connectivity index (χ0v) is 22.0. The molecular weight excluding hydrogens is 541 g/mol. The second-order valence-corrected chi connectivity index (χ2v) is 9.91. The second kappa shape index (κ2) is 13.6. The summed E-state index contributed by atoms with van der Waals surface area (Å²) >= 11 is 0.854. The van der Waals surface area contributed by atoms with Crippen LogP contribution in [0.5, 0.6) is 0 Å². The van der Waals surface area contributed by atoms with Gasteiger partial charge in [-0.2, -0.15) is 18.4 Å². The highest BCUT2D eigenvalue weighted by Crippen LogP contribution is 2.34. The fraction of sp³-hybridized carbons (Fsp3) is 0.462. The fourth-order valence-electron chi connectivity index (χ4n) is 4.20. The molecule has 39 heavy (non-hydrogen) atoms. The molecule has 1 aromatic carbocycles. The largest absolute Gasteiger partial charge is 0.391 e. The Morgan fingerprint density at radius 3 is 2.62 bits per heavy atom. The van der Waals surface area contributed by atoms with Gasteiger partial charge in [0.1, 0.15) is 15.3 Å². The fourth-order valence-corrected chi connectivity index (χ4v) is 5.27. The van der Waals surface area contributed by atoms with E-state index in [1.807, 2.05) is 28.4 Å². The first kappa shape index (κ1) is 30.1. The van der Waals surface area contributed by atoms with E-state index in [9.17, 15) is 36.8 Å². The van der Waals surface area contributed by atoms with Crippen molar-refractivity contribution in [2.24, 2.45) is 5.92 Å². The van der Waals surface area contributed by atoms with E-state index in [1.165, 1.54) is 10.8 Å². The molecule has 0 radical (unpaired) electrons. The average molecular weight is 570 g/mol. The molecule has 0 spiro atoms. The van der Waals surface area contributed by atoms with Gasteiger partial charge in [-0.15, -0.1) is 11.3 Å². The van der Waals surface area contributed by atoms with Crippen molar-refractivity contribution in [3.8, 4) is 6.07 Å². The van der Waals surface area contributed by atoms with E-state index in [-0.39, 0.29) is 28.6 Å². The van der Waals surface area contributed by atoms with E-state index in [2.05, 4.69) is 11.0 Å². The van der Waals surface area contributed by atoms with Crippen LogP contribution in [0.25, 0.3) is 11.3 Å². The number of aromatic nitrogens is 1. The Kier molecular flexibility index (Phi) is 10.5. The van der Waals surface area contributed by atoms with Gasteiger partial charge in [-0.1, -0.05) is 17.9 Å². The molecule has 7 nitrogen and oxygen atoms in total. The summed E-state index contributed by atoms with van der Waals surface area (Å²) in [4.78, 5) is 27.0.